The monoisotopic (exact) mass is 247 g/mol. The van der Waals surface area contributed by atoms with Gasteiger partial charge >= 0.3 is 0 Å². The number of anilines is 1. The minimum atomic E-state index is -0.207. The van der Waals surface area contributed by atoms with Crippen LogP contribution in [0.1, 0.15) is 23.1 Å². The van der Waals surface area contributed by atoms with Gasteiger partial charge in [0.25, 0.3) is 5.91 Å². The van der Waals surface area contributed by atoms with Gasteiger partial charge in [0.05, 0.1) is 6.54 Å². The fourth-order valence-electron chi connectivity index (χ4n) is 1.37. The predicted molar refractivity (Wildman–Crippen MR) is 63.7 cm³/mol. The Morgan fingerprint density at radius 1 is 1.50 bits per heavy atom. The van der Waals surface area contributed by atoms with Crippen molar-refractivity contribution in [3.8, 4) is 0 Å². The lowest BCUT2D eigenvalue weighted by Gasteiger charge is -2.05. The van der Waals surface area contributed by atoms with Crippen LogP contribution >= 0.6 is 0 Å². The number of rotatable bonds is 5. The molecule has 1 amide bonds. The van der Waals surface area contributed by atoms with Gasteiger partial charge in [0, 0.05) is 18.3 Å². The molecule has 2 aromatic heterocycles. The topological polar surface area (TPSA) is 108 Å². The number of tetrazole rings is 1. The molecular formula is C10H13N7O. The van der Waals surface area contributed by atoms with Crippen molar-refractivity contribution >= 4 is 11.7 Å². The van der Waals surface area contributed by atoms with Crippen molar-refractivity contribution in [2.75, 3.05) is 11.9 Å². The van der Waals surface area contributed by atoms with E-state index in [4.69, 9.17) is 0 Å². The number of carbonyl (C=O) groups excluding carboxylic acids is 1. The smallest absolute Gasteiger partial charge is 0.251 e. The summed E-state index contributed by atoms with van der Waals surface area (Å²) in [6, 6.07) is 3.33. The van der Waals surface area contributed by atoms with Crippen LogP contribution in [0.25, 0.3) is 0 Å². The molecule has 8 heteroatoms. The first-order valence-corrected chi connectivity index (χ1v) is 5.50. The van der Waals surface area contributed by atoms with E-state index in [2.05, 4.69) is 36.2 Å². The third kappa shape index (κ3) is 3.00. The van der Waals surface area contributed by atoms with Crippen molar-refractivity contribution in [1.82, 2.24) is 30.9 Å². The highest BCUT2D eigenvalue weighted by Gasteiger charge is 2.07. The van der Waals surface area contributed by atoms with E-state index in [9.17, 15) is 4.79 Å². The maximum absolute atomic E-state index is 11.8. The minimum absolute atomic E-state index is 0.207. The summed E-state index contributed by atoms with van der Waals surface area (Å²) in [7, 11) is 0. The van der Waals surface area contributed by atoms with Crippen molar-refractivity contribution in [2.45, 2.75) is 13.5 Å². The van der Waals surface area contributed by atoms with Gasteiger partial charge in [-0.3, -0.25) is 4.79 Å². The van der Waals surface area contributed by atoms with Gasteiger partial charge in [0.15, 0.2) is 5.82 Å². The van der Waals surface area contributed by atoms with Crippen LogP contribution in [0.2, 0.25) is 0 Å². The lowest BCUT2D eigenvalue weighted by Crippen LogP contribution is -2.23. The van der Waals surface area contributed by atoms with Crippen LogP contribution in [-0.4, -0.2) is 38.1 Å². The molecule has 0 bridgehead atoms. The highest BCUT2D eigenvalue weighted by atomic mass is 16.1. The number of nitrogens with one attached hydrogen (secondary N) is 3. The van der Waals surface area contributed by atoms with Gasteiger partial charge < -0.3 is 10.6 Å². The molecule has 0 spiro atoms. The summed E-state index contributed by atoms with van der Waals surface area (Å²) in [5, 5.41) is 18.9. The molecule has 0 saturated heterocycles. The quantitative estimate of drug-likeness (QED) is 0.684. The van der Waals surface area contributed by atoms with Gasteiger partial charge in [0.1, 0.15) is 5.82 Å². The molecule has 94 valence electrons. The lowest BCUT2D eigenvalue weighted by atomic mass is 10.2. The number of pyridine rings is 1. The summed E-state index contributed by atoms with van der Waals surface area (Å²) in [6.45, 7) is 2.94. The maximum atomic E-state index is 11.8. The molecule has 0 aromatic carbocycles. The van der Waals surface area contributed by atoms with Crippen LogP contribution in [0, 0.1) is 0 Å². The van der Waals surface area contributed by atoms with Gasteiger partial charge in [0.2, 0.25) is 0 Å². The van der Waals surface area contributed by atoms with E-state index in [1.165, 1.54) is 0 Å². The molecule has 0 aliphatic carbocycles. The zero-order valence-corrected chi connectivity index (χ0v) is 9.84. The summed E-state index contributed by atoms with van der Waals surface area (Å²) in [5.74, 6) is 0.898. The van der Waals surface area contributed by atoms with E-state index in [-0.39, 0.29) is 12.5 Å². The molecule has 3 N–H and O–H groups in total. The molecule has 0 saturated carbocycles. The van der Waals surface area contributed by atoms with Crippen molar-refractivity contribution < 1.29 is 4.79 Å². The van der Waals surface area contributed by atoms with E-state index in [1.807, 2.05) is 6.92 Å². The molecule has 8 nitrogen and oxygen atoms in total. The Kier molecular flexibility index (Phi) is 3.79. The molecule has 0 radical (unpaired) electrons. The second kappa shape index (κ2) is 5.71. The van der Waals surface area contributed by atoms with E-state index in [0.717, 1.165) is 6.54 Å². The van der Waals surface area contributed by atoms with E-state index >= 15 is 0 Å². The van der Waals surface area contributed by atoms with Gasteiger partial charge in [-0.25, -0.2) is 4.98 Å². The number of nitrogens with zero attached hydrogens (tertiary/aromatic N) is 4. The normalized spacial score (nSPS) is 10.1. The van der Waals surface area contributed by atoms with Gasteiger partial charge in [-0.05, 0) is 19.1 Å². The summed E-state index contributed by atoms with van der Waals surface area (Å²) in [6.07, 6.45) is 1.58. The first-order valence-electron chi connectivity index (χ1n) is 5.50. The Bertz CT molecular complexity index is 511. The number of aromatic amines is 1. The Hall–Kier alpha value is -2.51. The molecule has 0 atom stereocenters. The number of H-pyrrole nitrogens is 1. The van der Waals surface area contributed by atoms with Crippen LogP contribution in [0.3, 0.4) is 0 Å². The molecule has 2 heterocycles. The highest BCUT2D eigenvalue weighted by molar-refractivity contribution is 5.94. The second-order valence-corrected chi connectivity index (χ2v) is 3.47. The number of aromatic nitrogens is 5. The highest BCUT2D eigenvalue weighted by Crippen LogP contribution is 2.06. The molecule has 0 aliphatic rings. The first-order chi connectivity index (χ1) is 8.79. The Labute approximate surface area is 103 Å². The third-order valence-corrected chi connectivity index (χ3v) is 2.18. The number of amides is 1. The Morgan fingerprint density at radius 2 is 2.39 bits per heavy atom. The van der Waals surface area contributed by atoms with Crippen molar-refractivity contribution in [3.05, 3.63) is 29.7 Å². The zero-order chi connectivity index (χ0) is 12.8. The molecule has 0 unspecified atom stereocenters. The lowest BCUT2D eigenvalue weighted by molar-refractivity contribution is 0.0950. The standard InChI is InChI=1S/C10H13N7O/c1-2-11-8-5-7(3-4-12-8)10(18)13-6-9-14-16-17-15-9/h3-5H,2,6H2,1H3,(H,11,12)(H,13,18)(H,14,15,16,17). The van der Waals surface area contributed by atoms with E-state index < -0.39 is 0 Å². The largest absolute Gasteiger partial charge is 0.370 e. The summed E-state index contributed by atoms with van der Waals surface area (Å²) < 4.78 is 0. The minimum Gasteiger partial charge on any atom is -0.370 e. The average molecular weight is 247 g/mol. The molecule has 0 fully saturated rings. The van der Waals surface area contributed by atoms with Crippen LogP contribution in [0.4, 0.5) is 5.82 Å². The Balaban J connectivity index is 1.97. The number of hydrogen-bond donors (Lipinski definition) is 3. The molecule has 0 aliphatic heterocycles. The SMILES string of the molecule is CCNc1cc(C(=O)NCc2nn[nH]n2)ccn1. The van der Waals surface area contributed by atoms with Gasteiger partial charge in [-0.1, -0.05) is 5.21 Å². The van der Waals surface area contributed by atoms with Crippen LogP contribution in [0.15, 0.2) is 18.3 Å². The summed E-state index contributed by atoms with van der Waals surface area (Å²) >= 11 is 0. The molecular weight excluding hydrogens is 234 g/mol. The summed E-state index contributed by atoms with van der Waals surface area (Å²) in [5.41, 5.74) is 0.532. The van der Waals surface area contributed by atoms with Crippen molar-refractivity contribution in [1.29, 1.82) is 0 Å². The fourth-order valence-corrected chi connectivity index (χ4v) is 1.37. The number of carbonyl (C=O) groups is 1. The van der Waals surface area contributed by atoms with E-state index in [0.29, 0.717) is 17.2 Å². The number of hydrogen-bond acceptors (Lipinski definition) is 6. The van der Waals surface area contributed by atoms with Crippen molar-refractivity contribution in [3.63, 3.8) is 0 Å². The fraction of sp³-hybridized carbons (Fsp3) is 0.300. The third-order valence-electron chi connectivity index (χ3n) is 2.18. The van der Waals surface area contributed by atoms with Crippen molar-refractivity contribution in [2.24, 2.45) is 0 Å². The van der Waals surface area contributed by atoms with Gasteiger partial charge in [-0.15, -0.1) is 10.2 Å². The maximum Gasteiger partial charge on any atom is 0.251 e. The average Bonchev–Trinajstić information content (AvgIpc) is 2.90. The van der Waals surface area contributed by atoms with Crippen LogP contribution < -0.4 is 10.6 Å². The zero-order valence-electron chi connectivity index (χ0n) is 9.84. The van der Waals surface area contributed by atoms with Gasteiger partial charge in [-0.2, -0.15) is 5.21 Å². The molecule has 2 rings (SSSR count). The summed E-state index contributed by atoms with van der Waals surface area (Å²) in [4.78, 5) is 15.9. The predicted octanol–water partition coefficient (Wildman–Crippen LogP) is -0.0435. The second-order valence-electron chi connectivity index (χ2n) is 3.47. The first kappa shape index (κ1) is 12.0. The van der Waals surface area contributed by atoms with Crippen LogP contribution in [0.5, 0.6) is 0 Å². The Morgan fingerprint density at radius 3 is 3.11 bits per heavy atom. The molecule has 2 aromatic rings. The van der Waals surface area contributed by atoms with E-state index in [1.54, 1.807) is 18.3 Å². The van der Waals surface area contributed by atoms with Crippen LogP contribution in [-0.2, 0) is 6.54 Å². The molecule has 18 heavy (non-hydrogen) atoms.